The zero-order valence-electron chi connectivity index (χ0n) is 9.85. The standard InChI is InChI=1S/C15H10ClF2N/c16-14(11-3-1-10(9-19)2-4-11)12-5-7-13(8-6-12)15(17)18/h1-8,14-15H. The number of nitrogens with zero attached hydrogens (tertiary/aromatic N) is 1. The van der Waals surface area contributed by atoms with Gasteiger partial charge in [0.15, 0.2) is 0 Å². The molecule has 0 bridgehead atoms. The van der Waals surface area contributed by atoms with Gasteiger partial charge >= 0.3 is 0 Å². The fourth-order valence-corrected chi connectivity index (χ4v) is 2.02. The minimum absolute atomic E-state index is 0.0209. The molecule has 4 heteroatoms. The van der Waals surface area contributed by atoms with Gasteiger partial charge in [-0.1, -0.05) is 36.4 Å². The molecular weight excluding hydrogens is 268 g/mol. The highest BCUT2D eigenvalue weighted by Crippen LogP contribution is 2.30. The Morgan fingerprint density at radius 2 is 1.26 bits per heavy atom. The van der Waals surface area contributed by atoms with E-state index in [1.807, 2.05) is 6.07 Å². The van der Waals surface area contributed by atoms with Crippen LogP contribution in [0.2, 0.25) is 0 Å². The Morgan fingerprint density at radius 1 is 0.842 bits per heavy atom. The quantitative estimate of drug-likeness (QED) is 0.738. The average molecular weight is 278 g/mol. The van der Waals surface area contributed by atoms with Gasteiger partial charge in [-0.3, -0.25) is 0 Å². The second-order valence-electron chi connectivity index (χ2n) is 4.06. The van der Waals surface area contributed by atoms with E-state index in [0.717, 1.165) is 11.1 Å². The molecule has 1 nitrogen and oxygen atoms in total. The number of nitriles is 1. The van der Waals surface area contributed by atoms with Gasteiger partial charge in [-0.05, 0) is 23.3 Å². The Bertz CT molecular complexity index is 585. The summed E-state index contributed by atoms with van der Waals surface area (Å²) < 4.78 is 24.9. The summed E-state index contributed by atoms with van der Waals surface area (Å²) in [7, 11) is 0. The first kappa shape index (κ1) is 13.5. The van der Waals surface area contributed by atoms with Gasteiger partial charge in [0.2, 0.25) is 0 Å². The maximum absolute atomic E-state index is 12.4. The Kier molecular flexibility index (Phi) is 4.13. The molecule has 2 aromatic carbocycles. The molecule has 2 rings (SSSR count). The smallest absolute Gasteiger partial charge is 0.205 e. The Morgan fingerprint density at radius 3 is 1.68 bits per heavy atom. The lowest BCUT2D eigenvalue weighted by molar-refractivity contribution is 0.151. The van der Waals surface area contributed by atoms with Gasteiger partial charge < -0.3 is 0 Å². The molecule has 0 N–H and O–H groups in total. The number of rotatable bonds is 3. The highest BCUT2D eigenvalue weighted by molar-refractivity contribution is 6.22. The van der Waals surface area contributed by atoms with Gasteiger partial charge in [0.05, 0.1) is 17.0 Å². The topological polar surface area (TPSA) is 23.8 Å². The molecule has 0 heterocycles. The van der Waals surface area contributed by atoms with Crippen molar-refractivity contribution in [1.29, 1.82) is 5.26 Å². The van der Waals surface area contributed by atoms with Crippen molar-refractivity contribution < 1.29 is 8.78 Å². The van der Waals surface area contributed by atoms with Crippen molar-refractivity contribution in [1.82, 2.24) is 0 Å². The summed E-state index contributed by atoms with van der Waals surface area (Å²) in [5, 5.41) is 8.30. The summed E-state index contributed by atoms with van der Waals surface area (Å²) in [5.74, 6) is 0. The molecule has 0 aliphatic carbocycles. The summed E-state index contributed by atoms with van der Waals surface area (Å²) in [6, 6.07) is 14.8. The molecule has 0 spiro atoms. The second-order valence-corrected chi connectivity index (χ2v) is 4.50. The molecule has 1 atom stereocenters. The first-order chi connectivity index (χ1) is 9.11. The molecule has 96 valence electrons. The van der Waals surface area contributed by atoms with E-state index in [1.54, 1.807) is 36.4 Å². The molecule has 0 aromatic heterocycles. The van der Waals surface area contributed by atoms with E-state index in [9.17, 15) is 8.78 Å². The number of hydrogen-bond acceptors (Lipinski definition) is 1. The fourth-order valence-electron chi connectivity index (χ4n) is 1.73. The lowest BCUT2D eigenvalue weighted by Gasteiger charge is -2.11. The maximum Gasteiger partial charge on any atom is 0.263 e. The van der Waals surface area contributed by atoms with Crippen molar-refractivity contribution in [3.05, 3.63) is 70.8 Å². The van der Waals surface area contributed by atoms with Crippen molar-refractivity contribution in [2.24, 2.45) is 0 Å². The van der Waals surface area contributed by atoms with Gasteiger partial charge in [-0.15, -0.1) is 11.6 Å². The molecular formula is C15H10ClF2N. The van der Waals surface area contributed by atoms with Gasteiger partial charge in [-0.2, -0.15) is 5.26 Å². The molecule has 0 aliphatic heterocycles. The minimum Gasteiger partial charge on any atom is -0.205 e. The molecule has 0 aliphatic rings. The normalized spacial score (nSPS) is 12.2. The molecule has 0 radical (unpaired) electrons. The van der Waals surface area contributed by atoms with Crippen LogP contribution in [0.4, 0.5) is 8.78 Å². The molecule has 1 unspecified atom stereocenters. The third-order valence-corrected chi connectivity index (χ3v) is 3.32. The van der Waals surface area contributed by atoms with E-state index in [4.69, 9.17) is 16.9 Å². The number of benzene rings is 2. The highest BCUT2D eigenvalue weighted by atomic mass is 35.5. The SMILES string of the molecule is N#Cc1ccc(C(Cl)c2ccc(C(F)F)cc2)cc1. The van der Waals surface area contributed by atoms with E-state index in [1.165, 1.54) is 12.1 Å². The summed E-state index contributed by atoms with van der Waals surface area (Å²) in [6.45, 7) is 0. The van der Waals surface area contributed by atoms with Crippen LogP contribution in [0.3, 0.4) is 0 Å². The Balaban J connectivity index is 2.23. The maximum atomic E-state index is 12.4. The van der Waals surface area contributed by atoms with Gasteiger partial charge in [-0.25, -0.2) is 8.78 Å². The van der Waals surface area contributed by atoms with Crippen LogP contribution in [0.5, 0.6) is 0 Å². The summed E-state index contributed by atoms with van der Waals surface area (Å²) in [6.07, 6.45) is -2.47. The predicted molar refractivity (Wildman–Crippen MR) is 70.3 cm³/mol. The Labute approximate surface area is 115 Å². The average Bonchev–Trinajstić information content (AvgIpc) is 2.46. The third kappa shape index (κ3) is 3.10. The van der Waals surface area contributed by atoms with E-state index >= 15 is 0 Å². The summed E-state index contributed by atoms with van der Waals surface area (Å²) >= 11 is 6.29. The van der Waals surface area contributed by atoms with Crippen LogP contribution in [0.1, 0.15) is 34.1 Å². The fraction of sp³-hybridized carbons (Fsp3) is 0.133. The molecule has 0 saturated carbocycles. The van der Waals surface area contributed by atoms with Gasteiger partial charge in [0.1, 0.15) is 0 Å². The van der Waals surface area contributed by atoms with Crippen LogP contribution < -0.4 is 0 Å². The number of halogens is 3. The Hall–Kier alpha value is -1.92. The number of alkyl halides is 3. The van der Waals surface area contributed by atoms with Crippen molar-refractivity contribution in [3.63, 3.8) is 0 Å². The summed E-state index contributed by atoms with van der Waals surface area (Å²) in [5.41, 5.74) is 2.11. The monoisotopic (exact) mass is 277 g/mol. The number of hydrogen-bond donors (Lipinski definition) is 0. The molecule has 0 amide bonds. The van der Waals surface area contributed by atoms with Crippen molar-refractivity contribution >= 4 is 11.6 Å². The summed E-state index contributed by atoms with van der Waals surface area (Å²) in [4.78, 5) is 0. The largest absolute Gasteiger partial charge is 0.263 e. The molecule has 2 aromatic rings. The van der Waals surface area contributed by atoms with Crippen molar-refractivity contribution in [3.8, 4) is 6.07 Å². The van der Waals surface area contributed by atoms with Crippen LogP contribution in [-0.4, -0.2) is 0 Å². The first-order valence-electron chi connectivity index (χ1n) is 5.64. The van der Waals surface area contributed by atoms with Crippen LogP contribution in [0.25, 0.3) is 0 Å². The predicted octanol–water partition coefficient (Wildman–Crippen LogP) is 4.82. The van der Waals surface area contributed by atoms with Crippen LogP contribution in [0, 0.1) is 11.3 Å². The van der Waals surface area contributed by atoms with Crippen LogP contribution >= 0.6 is 11.6 Å². The zero-order valence-corrected chi connectivity index (χ0v) is 10.6. The highest BCUT2D eigenvalue weighted by Gasteiger charge is 2.12. The lowest BCUT2D eigenvalue weighted by Crippen LogP contribution is -1.94. The van der Waals surface area contributed by atoms with Crippen LogP contribution in [-0.2, 0) is 0 Å². The van der Waals surface area contributed by atoms with E-state index in [-0.39, 0.29) is 5.56 Å². The van der Waals surface area contributed by atoms with E-state index < -0.39 is 11.8 Å². The van der Waals surface area contributed by atoms with E-state index in [0.29, 0.717) is 5.56 Å². The van der Waals surface area contributed by atoms with Gasteiger partial charge in [0, 0.05) is 5.56 Å². The van der Waals surface area contributed by atoms with Gasteiger partial charge in [0.25, 0.3) is 6.43 Å². The van der Waals surface area contributed by atoms with E-state index in [2.05, 4.69) is 0 Å². The van der Waals surface area contributed by atoms with Crippen molar-refractivity contribution in [2.45, 2.75) is 11.8 Å². The minimum atomic E-state index is -2.47. The molecule has 0 saturated heterocycles. The molecule has 19 heavy (non-hydrogen) atoms. The lowest BCUT2D eigenvalue weighted by atomic mass is 10.0. The first-order valence-corrected chi connectivity index (χ1v) is 6.07. The van der Waals surface area contributed by atoms with Crippen molar-refractivity contribution in [2.75, 3.05) is 0 Å². The zero-order chi connectivity index (χ0) is 13.8. The van der Waals surface area contributed by atoms with Crippen LogP contribution in [0.15, 0.2) is 48.5 Å². The molecule has 0 fully saturated rings. The third-order valence-electron chi connectivity index (χ3n) is 2.81. The second kappa shape index (κ2) is 5.81.